The first kappa shape index (κ1) is 11.6. The Hall–Kier alpha value is -0.480. The highest BCUT2D eigenvalue weighted by Gasteiger charge is 2.17. The van der Waals surface area contributed by atoms with Gasteiger partial charge in [0.05, 0.1) is 0 Å². The summed E-state index contributed by atoms with van der Waals surface area (Å²) in [6.07, 6.45) is 12.9. The molecule has 0 bridgehead atoms. The van der Waals surface area contributed by atoms with Gasteiger partial charge in [-0.3, -0.25) is 0 Å². The van der Waals surface area contributed by atoms with Crippen molar-refractivity contribution < 1.29 is 0 Å². The summed E-state index contributed by atoms with van der Waals surface area (Å²) in [6, 6.07) is 0. The Labute approximate surface area is 88.9 Å². The van der Waals surface area contributed by atoms with Crippen molar-refractivity contribution in [2.45, 2.75) is 45.4 Å². The Morgan fingerprint density at radius 1 is 1.36 bits per heavy atom. The van der Waals surface area contributed by atoms with Crippen LogP contribution in [0.3, 0.4) is 0 Å². The summed E-state index contributed by atoms with van der Waals surface area (Å²) < 4.78 is 0. The maximum absolute atomic E-state index is 5.24. The van der Waals surface area contributed by atoms with E-state index in [9.17, 15) is 0 Å². The van der Waals surface area contributed by atoms with E-state index in [2.05, 4.69) is 17.7 Å². The average Bonchev–Trinajstić information content (AvgIpc) is 2.21. The smallest absolute Gasteiger partial charge is 0.00982 e. The third-order valence-electron chi connectivity index (χ3n) is 3.20. The van der Waals surface area contributed by atoms with E-state index >= 15 is 0 Å². The zero-order valence-electron chi connectivity index (χ0n) is 9.47. The maximum atomic E-state index is 5.24. The molecule has 0 aromatic carbocycles. The predicted octanol–water partition coefficient (Wildman–Crippen LogP) is 2.91. The SMILES string of the molecule is C#CCCCN1CCC(CCC)CC1. The van der Waals surface area contributed by atoms with Crippen molar-refractivity contribution in [1.29, 1.82) is 0 Å². The van der Waals surface area contributed by atoms with Crippen LogP contribution >= 0.6 is 0 Å². The van der Waals surface area contributed by atoms with Crippen molar-refractivity contribution in [1.82, 2.24) is 4.90 Å². The van der Waals surface area contributed by atoms with E-state index < -0.39 is 0 Å². The van der Waals surface area contributed by atoms with Crippen molar-refractivity contribution in [3.63, 3.8) is 0 Å². The molecule has 0 aliphatic carbocycles. The van der Waals surface area contributed by atoms with Gasteiger partial charge in [-0.15, -0.1) is 12.3 Å². The van der Waals surface area contributed by atoms with Crippen LogP contribution in [0.5, 0.6) is 0 Å². The number of hydrogen-bond acceptors (Lipinski definition) is 1. The van der Waals surface area contributed by atoms with E-state index in [0.29, 0.717) is 0 Å². The van der Waals surface area contributed by atoms with Gasteiger partial charge in [-0.1, -0.05) is 19.8 Å². The van der Waals surface area contributed by atoms with Crippen LogP contribution in [0, 0.1) is 18.3 Å². The number of terminal acetylenes is 1. The molecule has 0 aromatic heterocycles. The van der Waals surface area contributed by atoms with Crippen LogP contribution in [0.2, 0.25) is 0 Å². The van der Waals surface area contributed by atoms with Gasteiger partial charge in [0.2, 0.25) is 0 Å². The molecular formula is C13H23N. The van der Waals surface area contributed by atoms with Gasteiger partial charge in [0.25, 0.3) is 0 Å². The highest BCUT2D eigenvalue weighted by molar-refractivity contribution is 4.83. The number of nitrogens with zero attached hydrogens (tertiary/aromatic N) is 1. The van der Waals surface area contributed by atoms with Crippen molar-refractivity contribution in [3.8, 4) is 12.3 Å². The topological polar surface area (TPSA) is 3.24 Å². The standard InChI is InChI=1S/C13H23N/c1-3-5-6-10-14-11-8-13(7-4-2)9-12-14/h1,13H,4-12H2,2H3. The normalized spacial score (nSPS) is 19.4. The molecule has 0 amide bonds. The minimum absolute atomic E-state index is 0.939. The molecule has 0 N–H and O–H groups in total. The third-order valence-corrected chi connectivity index (χ3v) is 3.20. The van der Waals surface area contributed by atoms with Gasteiger partial charge in [0.15, 0.2) is 0 Å². The lowest BCUT2D eigenvalue weighted by molar-refractivity contribution is 0.177. The van der Waals surface area contributed by atoms with Gasteiger partial charge < -0.3 is 4.90 Å². The first-order valence-corrected chi connectivity index (χ1v) is 6.02. The van der Waals surface area contributed by atoms with Crippen LogP contribution in [0.15, 0.2) is 0 Å². The Bertz CT molecular complexity index is 172. The maximum Gasteiger partial charge on any atom is 0.00982 e. The van der Waals surface area contributed by atoms with Gasteiger partial charge in [-0.05, 0) is 44.8 Å². The molecule has 1 aliphatic rings. The predicted molar refractivity (Wildman–Crippen MR) is 62.1 cm³/mol. The van der Waals surface area contributed by atoms with Crippen LogP contribution in [0.1, 0.15) is 45.4 Å². The van der Waals surface area contributed by atoms with E-state index in [1.54, 1.807) is 0 Å². The number of hydrogen-bond donors (Lipinski definition) is 0. The average molecular weight is 193 g/mol. The van der Waals surface area contributed by atoms with Crippen molar-refractivity contribution in [3.05, 3.63) is 0 Å². The molecule has 1 saturated heterocycles. The Morgan fingerprint density at radius 2 is 2.07 bits per heavy atom. The monoisotopic (exact) mass is 193 g/mol. The molecule has 0 radical (unpaired) electrons. The second-order valence-electron chi connectivity index (χ2n) is 4.38. The molecule has 1 heterocycles. The number of unbranched alkanes of at least 4 members (excludes halogenated alkanes) is 1. The quantitative estimate of drug-likeness (QED) is 0.479. The van der Waals surface area contributed by atoms with Crippen LogP contribution in [-0.2, 0) is 0 Å². The van der Waals surface area contributed by atoms with Crippen LogP contribution in [0.25, 0.3) is 0 Å². The van der Waals surface area contributed by atoms with Crippen LogP contribution in [-0.4, -0.2) is 24.5 Å². The lowest BCUT2D eigenvalue weighted by atomic mass is 9.92. The van der Waals surface area contributed by atoms with Crippen LogP contribution < -0.4 is 0 Å². The molecule has 1 fully saturated rings. The molecule has 1 rings (SSSR count). The fourth-order valence-electron chi connectivity index (χ4n) is 2.31. The zero-order chi connectivity index (χ0) is 10.2. The molecule has 0 aromatic rings. The fraction of sp³-hybridized carbons (Fsp3) is 0.846. The molecule has 0 unspecified atom stereocenters. The lowest BCUT2D eigenvalue weighted by Crippen LogP contribution is -2.34. The van der Waals surface area contributed by atoms with E-state index in [0.717, 1.165) is 12.3 Å². The minimum atomic E-state index is 0.939. The summed E-state index contributed by atoms with van der Waals surface area (Å²) in [5.74, 6) is 3.71. The molecule has 0 atom stereocenters. The Morgan fingerprint density at radius 3 is 2.64 bits per heavy atom. The summed E-state index contributed by atoms with van der Waals surface area (Å²) in [5, 5.41) is 0. The molecule has 14 heavy (non-hydrogen) atoms. The largest absolute Gasteiger partial charge is 0.303 e. The summed E-state index contributed by atoms with van der Waals surface area (Å²) in [6.45, 7) is 6.10. The number of piperidine rings is 1. The van der Waals surface area contributed by atoms with E-state index in [1.165, 1.54) is 51.7 Å². The van der Waals surface area contributed by atoms with Crippen molar-refractivity contribution >= 4 is 0 Å². The first-order chi connectivity index (χ1) is 6.86. The van der Waals surface area contributed by atoms with Gasteiger partial charge in [0.1, 0.15) is 0 Å². The van der Waals surface area contributed by atoms with E-state index in [1.807, 2.05) is 0 Å². The fourth-order valence-corrected chi connectivity index (χ4v) is 2.31. The number of likely N-dealkylation sites (tertiary alicyclic amines) is 1. The Kier molecular flexibility index (Phi) is 5.71. The number of rotatable bonds is 5. The molecule has 1 nitrogen and oxygen atoms in total. The molecule has 1 aliphatic heterocycles. The van der Waals surface area contributed by atoms with Gasteiger partial charge in [0, 0.05) is 6.42 Å². The summed E-state index contributed by atoms with van der Waals surface area (Å²) in [4.78, 5) is 2.57. The molecular weight excluding hydrogens is 170 g/mol. The molecule has 80 valence electrons. The van der Waals surface area contributed by atoms with Gasteiger partial charge in [-0.2, -0.15) is 0 Å². The highest BCUT2D eigenvalue weighted by atomic mass is 15.1. The van der Waals surface area contributed by atoms with Gasteiger partial charge in [-0.25, -0.2) is 0 Å². The van der Waals surface area contributed by atoms with Gasteiger partial charge >= 0.3 is 0 Å². The Balaban J connectivity index is 2.07. The zero-order valence-corrected chi connectivity index (χ0v) is 9.47. The van der Waals surface area contributed by atoms with Crippen LogP contribution in [0.4, 0.5) is 0 Å². The third kappa shape index (κ3) is 4.15. The molecule has 0 spiro atoms. The second-order valence-corrected chi connectivity index (χ2v) is 4.38. The lowest BCUT2D eigenvalue weighted by Gasteiger charge is -2.31. The highest BCUT2D eigenvalue weighted by Crippen LogP contribution is 2.21. The van der Waals surface area contributed by atoms with Crippen molar-refractivity contribution in [2.75, 3.05) is 19.6 Å². The second kappa shape index (κ2) is 6.90. The molecule has 1 heteroatoms. The van der Waals surface area contributed by atoms with E-state index in [4.69, 9.17) is 6.42 Å². The molecule has 0 saturated carbocycles. The minimum Gasteiger partial charge on any atom is -0.303 e. The first-order valence-electron chi connectivity index (χ1n) is 6.02. The van der Waals surface area contributed by atoms with E-state index in [-0.39, 0.29) is 0 Å². The van der Waals surface area contributed by atoms with Crippen molar-refractivity contribution in [2.24, 2.45) is 5.92 Å². The summed E-state index contributed by atoms with van der Waals surface area (Å²) >= 11 is 0. The summed E-state index contributed by atoms with van der Waals surface area (Å²) in [7, 11) is 0. The summed E-state index contributed by atoms with van der Waals surface area (Å²) in [5.41, 5.74) is 0.